The van der Waals surface area contributed by atoms with Crippen molar-refractivity contribution in [1.82, 2.24) is 5.32 Å². The molecule has 1 aromatic rings. The number of cyclic esters (lactones) is 2. The molecule has 0 radical (unpaired) electrons. The molecule has 1 saturated heterocycles. The lowest BCUT2D eigenvalue weighted by atomic mass is 9.92. The summed E-state index contributed by atoms with van der Waals surface area (Å²) in [4.78, 5) is 62.5. The Kier molecular flexibility index (Phi) is 12.0. The molecule has 1 aliphatic rings. The van der Waals surface area contributed by atoms with E-state index < -0.39 is 59.8 Å². The molecule has 5 atom stereocenters. The summed E-state index contributed by atoms with van der Waals surface area (Å²) < 4.78 is 16.8. The Labute approximate surface area is 222 Å². The van der Waals surface area contributed by atoms with Crippen LogP contribution < -0.4 is 10.6 Å². The highest BCUT2D eigenvalue weighted by atomic mass is 16.6. The Morgan fingerprint density at radius 1 is 1.03 bits per heavy atom. The van der Waals surface area contributed by atoms with Crippen LogP contribution in [0.15, 0.2) is 18.2 Å². The fourth-order valence-electron chi connectivity index (χ4n) is 4.28. The van der Waals surface area contributed by atoms with Gasteiger partial charge in [-0.1, -0.05) is 45.6 Å². The van der Waals surface area contributed by atoms with Crippen molar-refractivity contribution in [2.75, 3.05) is 5.32 Å². The average molecular weight is 535 g/mol. The maximum atomic E-state index is 13.3. The number of anilines is 1. The highest BCUT2D eigenvalue weighted by Crippen LogP contribution is 2.29. The van der Waals surface area contributed by atoms with Crippen LogP contribution in [-0.4, -0.2) is 59.7 Å². The molecule has 1 aliphatic heterocycles. The van der Waals surface area contributed by atoms with E-state index in [-0.39, 0.29) is 17.7 Å². The summed E-state index contributed by atoms with van der Waals surface area (Å²) in [6.07, 6.45) is 1.78. The molecule has 210 valence electrons. The normalized spacial score (nSPS) is 23.6. The lowest BCUT2D eigenvalue weighted by Gasteiger charge is -2.29. The van der Waals surface area contributed by atoms with Crippen LogP contribution in [0.2, 0.25) is 0 Å². The number of hydrogen-bond donors (Lipinski definition) is 3. The number of carbonyl (C=O) groups is 5. The highest BCUT2D eigenvalue weighted by molar-refractivity contribution is 6.01. The average Bonchev–Trinajstić information content (AvgIpc) is 2.89. The van der Waals surface area contributed by atoms with Gasteiger partial charge in [0.15, 0.2) is 17.9 Å². The Hall–Kier alpha value is -3.63. The van der Waals surface area contributed by atoms with Gasteiger partial charge in [0, 0.05) is 6.42 Å². The van der Waals surface area contributed by atoms with Gasteiger partial charge in [-0.15, -0.1) is 0 Å². The molecule has 0 aliphatic carbocycles. The first-order chi connectivity index (χ1) is 18.1. The van der Waals surface area contributed by atoms with Gasteiger partial charge < -0.3 is 30.0 Å². The van der Waals surface area contributed by atoms with Crippen molar-refractivity contribution >= 4 is 35.9 Å². The van der Waals surface area contributed by atoms with Gasteiger partial charge in [-0.05, 0) is 38.8 Å². The number of phenolic OH excluding ortho intramolecular Hbond substituents is 1. The minimum Gasteiger partial charge on any atom is -0.505 e. The number of aromatic hydroxyl groups is 1. The van der Waals surface area contributed by atoms with E-state index >= 15 is 0 Å². The monoisotopic (exact) mass is 534 g/mol. The van der Waals surface area contributed by atoms with Crippen molar-refractivity contribution in [3.63, 3.8) is 0 Å². The molecule has 2 amide bonds. The third kappa shape index (κ3) is 8.19. The summed E-state index contributed by atoms with van der Waals surface area (Å²) in [5.41, 5.74) is -0.211. The lowest BCUT2D eigenvalue weighted by Crippen LogP contribution is -2.50. The van der Waals surface area contributed by atoms with E-state index in [0.29, 0.717) is 25.7 Å². The first kappa shape index (κ1) is 30.6. The van der Waals surface area contributed by atoms with Gasteiger partial charge in [-0.25, -0.2) is 4.79 Å². The van der Waals surface area contributed by atoms with Crippen molar-refractivity contribution in [2.24, 2.45) is 5.92 Å². The number of nitrogens with one attached hydrogen (secondary N) is 2. The van der Waals surface area contributed by atoms with Gasteiger partial charge in [0.25, 0.3) is 5.91 Å². The molecule has 1 aromatic carbocycles. The maximum Gasteiger partial charge on any atom is 0.332 e. The predicted octanol–water partition coefficient (Wildman–Crippen LogP) is 3.23. The SMILES string of the molecule is CCCCCC[C@@H]1C(=O)O[C@H](C)[C@@H](NC(=O)c2cccc(NC=O)c2O)C(=O)O[C@@H](C)[C@@H]1OC(=O)CCC. The molecule has 0 saturated carbocycles. The molecule has 2 rings (SSSR count). The zero-order valence-corrected chi connectivity index (χ0v) is 22.4. The second-order valence-electron chi connectivity index (χ2n) is 9.36. The molecule has 0 unspecified atom stereocenters. The number of hydrogen-bond acceptors (Lipinski definition) is 9. The summed E-state index contributed by atoms with van der Waals surface area (Å²) in [6.45, 7) is 6.86. The summed E-state index contributed by atoms with van der Waals surface area (Å²) in [5, 5.41) is 15.1. The Morgan fingerprint density at radius 3 is 2.39 bits per heavy atom. The standard InChI is InChI=1S/C27H38N2O9/c1-5-7-8-9-12-19-24(38-21(31)11-6-2)17(4)37-27(35)22(16(3)36-26(19)34)29-25(33)18-13-10-14-20(23(18)32)28-15-30/h10,13-17,19,22,24,32H,5-9,11-12H2,1-4H3,(H,28,30)(H,29,33)/t16-,17+,19+,22-,24+/m1/s1. The second kappa shape index (κ2) is 14.9. The van der Waals surface area contributed by atoms with E-state index in [1.807, 2.05) is 6.92 Å². The molecular weight excluding hydrogens is 496 g/mol. The molecule has 38 heavy (non-hydrogen) atoms. The fraction of sp³-hybridized carbons (Fsp3) is 0.593. The van der Waals surface area contributed by atoms with Crippen LogP contribution in [0.4, 0.5) is 5.69 Å². The van der Waals surface area contributed by atoms with E-state index in [2.05, 4.69) is 17.6 Å². The Balaban J connectivity index is 2.33. The van der Waals surface area contributed by atoms with Gasteiger partial charge in [-0.2, -0.15) is 0 Å². The smallest absolute Gasteiger partial charge is 0.332 e. The van der Waals surface area contributed by atoms with Crippen molar-refractivity contribution in [1.29, 1.82) is 0 Å². The molecule has 3 N–H and O–H groups in total. The van der Waals surface area contributed by atoms with Gasteiger partial charge in [0.05, 0.1) is 17.2 Å². The van der Waals surface area contributed by atoms with Crippen molar-refractivity contribution in [2.45, 2.75) is 97.0 Å². The van der Waals surface area contributed by atoms with Crippen LogP contribution in [0, 0.1) is 5.92 Å². The number of unbranched alkanes of at least 4 members (excludes halogenated alkanes) is 3. The summed E-state index contributed by atoms with van der Waals surface area (Å²) in [5.74, 6) is -4.27. The van der Waals surface area contributed by atoms with Crippen LogP contribution in [0.5, 0.6) is 5.75 Å². The van der Waals surface area contributed by atoms with Crippen molar-refractivity contribution < 1.29 is 43.3 Å². The summed E-state index contributed by atoms with van der Waals surface area (Å²) in [6, 6.07) is 2.71. The molecule has 1 fully saturated rings. The molecular formula is C27H38N2O9. The van der Waals surface area contributed by atoms with Gasteiger partial charge >= 0.3 is 17.9 Å². The van der Waals surface area contributed by atoms with E-state index in [9.17, 15) is 29.1 Å². The molecule has 0 bridgehead atoms. The topological polar surface area (TPSA) is 157 Å². The quantitative estimate of drug-likeness (QED) is 0.120. The third-order valence-electron chi connectivity index (χ3n) is 6.36. The number of esters is 3. The minimum absolute atomic E-state index is 0.000410. The van der Waals surface area contributed by atoms with Crippen molar-refractivity contribution in [3.05, 3.63) is 23.8 Å². The van der Waals surface area contributed by atoms with Crippen LogP contribution in [0.1, 0.15) is 83.0 Å². The lowest BCUT2D eigenvalue weighted by molar-refractivity contribution is -0.175. The van der Waals surface area contributed by atoms with Crippen LogP contribution >= 0.6 is 0 Å². The zero-order chi connectivity index (χ0) is 28.2. The van der Waals surface area contributed by atoms with Crippen LogP contribution in [0.3, 0.4) is 0 Å². The summed E-state index contributed by atoms with van der Waals surface area (Å²) >= 11 is 0. The molecule has 11 nitrogen and oxygen atoms in total. The first-order valence-corrected chi connectivity index (χ1v) is 13.1. The number of ether oxygens (including phenoxy) is 3. The Morgan fingerprint density at radius 2 is 1.74 bits per heavy atom. The predicted molar refractivity (Wildman–Crippen MR) is 137 cm³/mol. The van der Waals surface area contributed by atoms with E-state index in [1.165, 1.54) is 32.0 Å². The van der Waals surface area contributed by atoms with E-state index in [0.717, 1.165) is 19.3 Å². The number of phenols is 1. The fourth-order valence-corrected chi connectivity index (χ4v) is 4.28. The van der Waals surface area contributed by atoms with Crippen molar-refractivity contribution in [3.8, 4) is 5.75 Å². The number of rotatable bonds is 12. The molecule has 0 aromatic heterocycles. The third-order valence-corrected chi connectivity index (χ3v) is 6.36. The number of para-hydroxylation sites is 1. The minimum atomic E-state index is -1.41. The van der Waals surface area contributed by atoms with E-state index in [1.54, 1.807) is 0 Å². The molecule has 1 heterocycles. The Bertz CT molecular complexity index is 997. The largest absolute Gasteiger partial charge is 0.505 e. The molecule has 11 heteroatoms. The summed E-state index contributed by atoms with van der Waals surface area (Å²) in [7, 11) is 0. The number of carbonyl (C=O) groups excluding carboxylic acids is 5. The van der Waals surface area contributed by atoms with Gasteiger partial charge in [-0.3, -0.25) is 19.2 Å². The maximum absolute atomic E-state index is 13.3. The van der Waals surface area contributed by atoms with Crippen LogP contribution in [-0.2, 0) is 33.4 Å². The van der Waals surface area contributed by atoms with Gasteiger partial charge in [0.1, 0.15) is 12.2 Å². The van der Waals surface area contributed by atoms with E-state index in [4.69, 9.17) is 14.2 Å². The van der Waals surface area contributed by atoms with Gasteiger partial charge in [0.2, 0.25) is 6.41 Å². The van der Waals surface area contributed by atoms with Crippen LogP contribution in [0.25, 0.3) is 0 Å². The first-order valence-electron chi connectivity index (χ1n) is 13.1. The number of benzene rings is 1. The zero-order valence-electron chi connectivity index (χ0n) is 22.4. The second-order valence-corrected chi connectivity index (χ2v) is 9.36. The highest BCUT2D eigenvalue weighted by Gasteiger charge is 2.43. The number of amides is 2. The molecule has 0 spiro atoms.